The molecule has 1 heterocycles. The van der Waals surface area contributed by atoms with Crippen LogP contribution in [-0.4, -0.2) is 40.0 Å². The first kappa shape index (κ1) is 22.2. The fourth-order valence-electron chi connectivity index (χ4n) is 3.38. The SMILES string of the molecule is CCc1ccc(CN(C)C(=O)COC(=O)c2ccc3c(c2)nc(C)c(=O)n3CC)cc1. The van der Waals surface area contributed by atoms with Crippen molar-refractivity contribution in [1.82, 2.24) is 14.5 Å². The Hall–Kier alpha value is -3.48. The summed E-state index contributed by atoms with van der Waals surface area (Å²) in [5, 5.41) is 0. The van der Waals surface area contributed by atoms with Gasteiger partial charge in [-0.15, -0.1) is 0 Å². The number of esters is 1. The molecule has 0 aliphatic carbocycles. The molecule has 0 radical (unpaired) electrons. The number of rotatable bonds is 7. The van der Waals surface area contributed by atoms with E-state index in [4.69, 9.17) is 4.74 Å². The number of aromatic nitrogens is 2. The van der Waals surface area contributed by atoms with Gasteiger partial charge in [0.1, 0.15) is 5.69 Å². The molecule has 0 aliphatic heterocycles. The molecule has 7 nitrogen and oxygen atoms in total. The van der Waals surface area contributed by atoms with E-state index in [0.29, 0.717) is 29.8 Å². The van der Waals surface area contributed by atoms with Crippen molar-refractivity contribution in [3.8, 4) is 0 Å². The van der Waals surface area contributed by atoms with Gasteiger partial charge >= 0.3 is 5.97 Å². The molecule has 0 bridgehead atoms. The van der Waals surface area contributed by atoms with E-state index in [1.807, 2.05) is 31.2 Å². The standard InChI is InChI=1S/C24H27N3O4/c1-5-17-7-9-18(10-8-17)14-26(4)22(28)15-31-24(30)19-11-12-21-20(13-19)25-16(3)23(29)27(21)6-2/h7-13H,5-6,14-15H2,1-4H3. The summed E-state index contributed by atoms with van der Waals surface area (Å²) in [6, 6.07) is 12.9. The van der Waals surface area contributed by atoms with Gasteiger partial charge in [-0.3, -0.25) is 9.59 Å². The largest absolute Gasteiger partial charge is 0.452 e. The van der Waals surface area contributed by atoms with E-state index >= 15 is 0 Å². The summed E-state index contributed by atoms with van der Waals surface area (Å²) in [7, 11) is 1.68. The molecule has 1 amide bonds. The number of amides is 1. The van der Waals surface area contributed by atoms with E-state index in [-0.39, 0.29) is 23.6 Å². The quantitative estimate of drug-likeness (QED) is 0.548. The van der Waals surface area contributed by atoms with Crippen LogP contribution >= 0.6 is 0 Å². The van der Waals surface area contributed by atoms with Gasteiger partial charge in [0.2, 0.25) is 0 Å². The average Bonchev–Trinajstić information content (AvgIpc) is 2.78. The van der Waals surface area contributed by atoms with Crippen molar-refractivity contribution in [3.63, 3.8) is 0 Å². The zero-order valence-electron chi connectivity index (χ0n) is 18.3. The van der Waals surface area contributed by atoms with Gasteiger partial charge in [-0.05, 0) is 49.6 Å². The highest BCUT2D eigenvalue weighted by Gasteiger charge is 2.16. The second kappa shape index (κ2) is 9.55. The second-order valence-corrected chi connectivity index (χ2v) is 7.45. The van der Waals surface area contributed by atoms with E-state index in [1.54, 1.807) is 36.7 Å². The molecular formula is C24H27N3O4. The number of carbonyl (C=O) groups excluding carboxylic acids is 2. The van der Waals surface area contributed by atoms with Crippen LogP contribution in [0.15, 0.2) is 47.3 Å². The Balaban J connectivity index is 1.65. The molecule has 7 heteroatoms. The Morgan fingerprint density at radius 3 is 2.39 bits per heavy atom. The topological polar surface area (TPSA) is 81.5 Å². The molecule has 0 aliphatic rings. The molecule has 0 N–H and O–H groups in total. The summed E-state index contributed by atoms with van der Waals surface area (Å²) >= 11 is 0. The number of hydrogen-bond acceptors (Lipinski definition) is 5. The van der Waals surface area contributed by atoms with Crippen molar-refractivity contribution < 1.29 is 14.3 Å². The minimum atomic E-state index is -0.607. The Kier molecular flexibility index (Phi) is 6.84. The number of fused-ring (bicyclic) bond motifs is 1. The maximum atomic E-state index is 12.5. The molecule has 162 valence electrons. The first-order chi connectivity index (χ1) is 14.8. The number of carbonyl (C=O) groups is 2. The summed E-state index contributed by atoms with van der Waals surface area (Å²) in [5.74, 6) is -0.896. The first-order valence-electron chi connectivity index (χ1n) is 10.3. The van der Waals surface area contributed by atoms with Gasteiger partial charge in [-0.2, -0.15) is 0 Å². The van der Waals surface area contributed by atoms with Crippen LogP contribution in [0.5, 0.6) is 0 Å². The Morgan fingerprint density at radius 2 is 1.74 bits per heavy atom. The maximum Gasteiger partial charge on any atom is 0.338 e. The first-order valence-corrected chi connectivity index (χ1v) is 10.3. The molecule has 0 unspecified atom stereocenters. The highest BCUT2D eigenvalue weighted by Crippen LogP contribution is 2.15. The minimum Gasteiger partial charge on any atom is -0.452 e. The Labute approximate surface area is 181 Å². The lowest BCUT2D eigenvalue weighted by molar-refractivity contribution is -0.133. The highest BCUT2D eigenvalue weighted by molar-refractivity contribution is 5.94. The number of likely N-dealkylation sites (N-methyl/N-ethyl adjacent to an activating group) is 1. The molecular weight excluding hydrogens is 394 g/mol. The lowest BCUT2D eigenvalue weighted by Gasteiger charge is -2.17. The van der Waals surface area contributed by atoms with Crippen LogP contribution in [0.4, 0.5) is 0 Å². The summed E-state index contributed by atoms with van der Waals surface area (Å²) < 4.78 is 6.83. The Morgan fingerprint density at radius 1 is 1.06 bits per heavy atom. The number of aryl methyl sites for hydroxylation is 3. The average molecular weight is 421 g/mol. The molecule has 0 spiro atoms. The van der Waals surface area contributed by atoms with Gasteiger partial charge in [0.05, 0.1) is 16.6 Å². The molecule has 31 heavy (non-hydrogen) atoms. The predicted molar refractivity (Wildman–Crippen MR) is 119 cm³/mol. The number of benzene rings is 2. The fourth-order valence-corrected chi connectivity index (χ4v) is 3.38. The maximum absolute atomic E-state index is 12.5. The van der Waals surface area contributed by atoms with Gasteiger partial charge in [0, 0.05) is 20.1 Å². The van der Waals surface area contributed by atoms with Gasteiger partial charge in [0.25, 0.3) is 11.5 Å². The van der Waals surface area contributed by atoms with Crippen LogP contribution < -0.4 is 5.56 Å². The van der Waals surface area contributed by atoms with Crippen LogP contribution in [0.3, 0.4) is 0 Å². The number of nitrogens with zero attached hydrogens (tertiary/aromatic N) is 3. The van der Waals surface area contributed by atoms with Crippen molar-refractivity contribution in [3.05, 3.63) is 75.2 Å². The van der Waals surface area contributed by atoms with Gasteiger partial charge in [-0.1, -0.05) is 31.2 Å². The van der Waals surface area contributed by atoms with Crippen LogP contribution in [0.1, 0.15) is 41.0 Å². The third-order valence-corrected chi connectivity index (χ3v) is 5.26. The minimum absolute atomic E-state index is 0.150. The monoisotopic (exact) mass is 421 g/mol. The van der Waals surface area contributed by atoms with E-state index in [0.717, 1.165) is 12.0 Å². The third kappa shape index (κ3) is 4.99. The number of hydrogen-bond donors (Lipinski definition) is 0. The van der Waals surface area contributed by atoms with Crippen LogP contribution in [0.25, 0.3) is 11.0 Å². The van der Waals surface area contributed by atoms with Crippen molar-refractivity contribution >= 4 is 22.9 Å². The fraction of sp³-hybridized carbons (Fsp3) is 0.333. The summed E-state index contributed by atoms with van der Waals surface area (Å²) in [6.07, 6.45) is 0.964. The Bertz CT molecular complexity index is 1170. The summed E-state index contributed by atoms with van der Waals surface area (Å²) in [6.45, 7) is 6.21. The lowest BCUT2D eigenvalue weighted by atomic mass is 10.1. The molecule has 0 fully saturated rings. The summed E-state index contributed by atoms with van der Waals surface area (Å²) in [5.41, 5.74) is 3.94. The molecule has 0 saturated carbocycles. The molecule has 0 saturated heterocycles. The van der Waals surface area contributed by atoms with Gasteiger partial charge in [0.15, 0.2) is 6.61 Å². The predicted octanol–water partition coefficient (Wildman–Crippen LogP) is 3.10. The van der Waals surface area contributed by atoms with Gasteiger partial charge < -0.3 is 14.2 Å². The van der Waals surface area contributed by atoms with Crippen molar-refractivity contribution in [2.24, 2.45) is 0 Å². The zero-order chi connectivity index (χ0) is 22.5. The van der Waals surface area contributed by atoms with Crippen molar-refractivity contribution in [2.45, 2.75) is 40.3 Å². The molecule has 1 aromatic heterocycles. The highest BCUT2D eigenvalue weighted by atomic mass is 16.5. The van der Waals surface area contributed by atoms with Crippen molar-refractivity contribution in [1.29, 1.82) is 0 Å². The van der Waals surface area contributed by atoms with Crippen LogP contribution in [-0.2, 0) is 29.0 Å². The van der Waals surface area contributed by atoms with E-state index in [9.17, 15) is 14.4 Å². The molecule has 2 aromatic carbocycles. The van der Waals surface area contributed by atoms with E-state index in [1.165, 1.54) is 10.5 Å². The lowest BCUT2D eigenvalue weighted by Crippen LogP contribution is -2.30. The van der Waals surface area contributed by atoms with Crippen LogP contribution in [0.2, 0.25) is 0 Å². The smallest absolute Gasteiger partial charge is 0.338 e. The van der Waals surface area contributed by atoms with E-state index < -0.39 is 5.97 Å². The summed E-state index contributed by atoms with van der Waals surface area (Å²) in [4.78, 5) is 42.9. The normalized spacial score (nSPS) is 10.8. The van der Waals surface area contributed by atoms with Crippen LogP contribution in [0, 0.1) is 6.92 Å². The second-order valence-electron chi connectivity index (χ2n) is 7.45. The molecule has 0 atom stereocenters. The number of ether oxygens (including phenoxy) is 1. The zero-order valence-corrected chi connectivity index (χ0v) is 18.3. The molecule has 3 aromatic rings. The third-order valence-electron chi connectivity index (χ3n) is 5.26. The van der Waals surface area contributed by atoms with E-state index in [2.05, 4.69) is 11.9 Å². The van der Waals surface area contributed by atoms with Gasteiger partial charge in [-0.25, -0.2) is 9.78 Å². The molecule has 3 rings (SSSR count). The van der Waals surface area contributed by atoms with Crippen molar-refractivity contribution in [2.75, 3.05) is 13.7 Å².